The van der Waals surface area contributed by atoms with E-state index in [-0.39, 0.29) is 22.6 Å². The van der Waals surface area contributed by atoms with Crippen LogP contribution in [0.25, 0.3) is 27.5 Å². The Morgan fingerprint density at radius 3 is 2.75 bits per heavy atom. The van der Waals surface area contributed by atoms with Crippen molar-refractivity contribution < 1.29 is 8.78 Å². The number of pyridine rings is 2. The van der Waals surface area contributed by atoms with Gasteiger partial charge in [-0.15, -0.1) is 0 Å². The zero-order valence-corrected chi connectivity index (χ0v) is 15.2. The molecule has 1 N–H and O–H groups in total. The van der Waals surface area contributed by atoms with Gasteiger partial charge in [0.1, 0.15) is 5.82 Å². The van der Waals surface area contributed by atoms with E-state index in [1.165, 1.54) is 12.1 Å². The summed E-state index contributed by atoms with van der Waals surface area (Å²) in [6.07, 6.45) is 5.99. The third-order valence-corrected chi connectivity index (χ3v) is 5.37. The van der Waals surface area contributed by atoms with Crippen LogP contribution in [0.2, 0.25) is 0 Å². The largest absolute Gasteiger partial charge is 0.315 e. The first kappa shape index (κ1) is 17.1. The molecule has 0 amide bonds. The standard InChI is InChI=1S/C21H18F2N4O/c1-12-10-26-11-15(8-18(23)20(26)25-12)14-6-13-3-5-27(16-2-4-24-9-16)21(28)19(13)17(22)7-14/h3,5-8,10-11,16,24H,2,4,9H2,1H3. The Labute approximate surface area is 159 Å². The van der Waals surface area contributed by atoms with Gasteiger partial charge in [-0.2, -0.15) is 0 Å². The normalized spacial score (nSPS) is 17.0. The van der Waals surface area contributed by atoms with Gasteiger partial charge in [0.25, 0.3) is 5.56 Å². The summed E-state index contributed by atoms with van der Waals surface area (Å²) in [6.45, 7) is 3.33. The van der Waals surface area contributed by atoms with Crippen LogP contribution in [0.1, 0.15) is 18.2 Å². The van der Waals surface area contributed by atoms with Gasteiger partial charge in [-0.1, -0.05) is 0 Å². The summed E-state index contributed by atoms with van der Waals surface area (Å²) >= 11 is 0. The maximum Gasteiger partial charge on any atom is 0.261 e. The summed E-state index contributed by atoms with van der Waals surface area (Å²) < 4.78 is 32.5. The number of aromatic nitrogens is 3. The van der Waals surface area contributed by atoms with Crippen LogP contribution in [-0.2, 0) is 0 Å². The Balaban J connectivity index is 1.68. The predicted octanol–water partition coefficient (Wildman–Crippen LogP) is 3.44. The second kappa shape index (κ2) is 6.24. The zero-order valence-electron chi connectivity index (χ0n) is 15.2. The summed E-state index contributed by atoms with van der Waals surface area (Å²) in [5.41, 5.74) is 1.63. The topological polar surface area (TPSA) is 51.3 Å². The van der Waals surface area contributed by atoms with Crippen LogP contribution >= 0.6 is 0 Å². The molecule has 4 aromatic rings. The van der Waals surface area contributed by atoms with Crippen LogP contribution in [0, 0.1) is 18.6 Å². The van der Waals surface area contributed by atoms with Crippen molar-refractivity contribution in [3.8, 4) is 11.1 Å². The highest BCUT2D eigenvalue weighted by atomic mass is 19.1. The lowest BCUT2D eigenvalue weighted by molar-refractivity contribution is 0.530. The first-order valence-electron chi connectivity index (χ1n) is 9.21. The van der Waals surface area contributed by atoms with Gasteiger partial charge in [0.15, 0.2) is 11.5 Å². The van der Waals surface area contributed by atoms with Gasteiger partial charge in [0.2, 0.25) is 0 Å². The molecule has 0 radical (unpaired) electrons. The number of halogens is 2. The average molecular weight is 380 g/mol. The molecular weight excluding hydrogens is 362 g/mol. The number of hydrogen-bond donors (Lipinski definition) is 1. The van der Waals surface area contributed by atoms with Crippen molar-refractivity contribution >= 4 is 16.4 Å². The molecule has 5 nitrogen and oxygen atoms in total. The van der Waals surface area contributed by atoms with Crippen LogP contribution in [0.4, 0.5) is 8.78 Å². The van der Waals surface area contributed by atoms with Crippen molar-refractivity contribution in [2.24, 2.45) is 0 Å². The Bertz CT molecular complexity index is 1290. The number of fused-ring (bicyclic) bond motifs is 2. The minimum absolute atomic E-state index is 0.0389. The molecule has 0 spiro atoms. The van der Waals surface area contributed by atoms with Crippen LogP contribution in [0.3, 0.4) is 0 Å². The fourth-order valence-electron chi connectivity index (χ4n) is 4.01. The van der Waals surface area contributed by atoms with Gasteiger partial charge in [-0.05, 0) is 55.1 Å². The molecule has 0 saturated carbocycles. The Kier molecular flexibility index (Phi) is 3.80. The number of benzene rings is 1. The molecular formula is C21H18F2N4O. The lowest BCUT2D eigenvalue weighted by Gasteiger charge is -2.14. The van der Waals surface area contributed by atoms with Crippen molar-refractivity contribution in [2.45, 2.75) is 19.4 Å². The summed E-state index contributed by atoms with van der Waals surface area (Å²) in [4.78, 5) is 17.0. The van der Waals surface area contributed by atoms with E-state index in [1.54, 1.807) is 46.6 Å². The first-order chi connectivity index (χ1) is 13.5. The number of rotatable bonds is 2. The molecule has 1 aromatic carbocycles. The van der Waals surface area contributed by atoms with Crippen molar-refractivity contribution in [1.29, 1.82) is 0 Å². The summed E-state index contributed by atoms with van der Waals surface area (Å²) in [5, 5.41) is 3.79. The third kappa shape index (κ3) is 2.62. The van der Waals surface area contributed by atoms with Gasteiger partial charge < -0.3 is 14.3 Å². The molecule has 0 aliphatic carbocycles. The highest BCUT2D eigenvalue weighted by molar-refractivity contribution is 5.87. The molecule has 7 heteroatoms. The van der Waals surface area contributed by atoms with Crippen LogP contribution in [-0.4, -0.2) is 27.0 Å². The minimum atomic E-state index is -0.597. The summed E-state index contributed by atoms with van der Waals surface area (Å²) in [7, 11) is 0. The maximum atomic E-state index is 14.9. The van der Waals surface area contributed by atoms with E-state index in [2.05, 4.69) is 10.3 Å². The van der Waals surface area contributed by atoms with E-state index >= 15 is 0 Å². The van der Waals surface area contributed by atoms with Gasteiger partial charge in [0, 0.05) is 30.7 Å². The van der Waals surface area contributed by atoms with Gasteiger partial charge >= 0.3 is 0 Å². The SMILES string of the molecule is Cc1cn2cc(-c3cc(F)c4c(=O)n(C5CCNC5)ccc4c3)cc(F)c2n1. The van der Waals surface area contributed by atoms with Crippen LogP contribution in [0.5, 0.6) is 0 Å². The van der Waals surface area contributed by atoms with E-state index in [1.807, 2.05) is 0 Å². The minimum Gasteiger partial charge on any atom is -0.315 e. The van der Waals surface area contributed by atoms with E-state index < -0.39 is 11.6 Å². The molecule has 1 atom stereocenters. The zero-order chi connectivity index (χ0) is 19.4. The monoisotopic (exact) mass is 380 g/mol. The molecule has 1 unspecified atom stereocenters. The summed E-state index contributed by atoms with van der Waals surface area (Å²) in [5.74, 6) is -1.07. The summed E-state index contributed by atoms with van der Waals surface area (Å²) in [6, 6.07) is 6.15. The van der Waals surface area contributed by atoms with E-state index in [9.17, 15) is 13.6 Å². The Hall–Kier alpha value is -3.06. The average Bonchev–Trinajstić information content (AvgIpc) is 3.31. The van der Waals surface area contributed by atoms with E-state index in [0.717, 1.165) is 13.0 Å². The smallest absolute Gasteiger partial charge is 0.261 e. The van der Waals surface area contributed by atoms with Crippen molar-refractivity contribution in [3.05, 3.63) is 70.5 Å². The van der Waals surface area contributed by atoms with Gasteiger partial charge in [0.05, 0.1) is 17.1 Å². The van der Waals surface area contributed by atoms with Crippen molar-refractivity contribution in [2.75, 3.05) is 13.1 Å². The fraction of sp³-hybridized carbons (Fsp3) is 0.238. The number of aryl methyl sites for hydroxylation is 1. The molecule has 28 heavy (non-hydrogen) atoms. The number of nitrogens with zero attached hydrogens (tertiary/aromatic N) is 3. The highest BCUT2D eigenvalue weighted by Crippen LogP contribution is 2.28. The maximum absolute atomic E-state index is 14.9. The molecule has 1 saturated heterocycles. The molecule has 1 fully saturated rings. The fourth-order valence-corrected chi connectivity index (χ4v) is 4.01. The number of nitrogens with one attached hydrogen (secondary N) is 1. The molecule has 1 aliphatic heterocycles. The van der Waals surface area contributed by atoms with Crippen LogP contribution < -0.4 is 10.9 Å². The van der Waals surface area contributed by atoms with Crippen molar-refractivity contribution in [3.63, 3.8) is 0 Å². The molecule has 0 bridgehead atoms. The Morgan fingerprint density at radius 2 is 1.96 bits per heavy atom. The molecule has 5 rings (SSSR count). The van der Waals surface area contributed by atoms with Gasteiger partial charge in [-0.3, -0.25) is 4.79 Å². The second-order valence-corrected chi connectivity index (χ2v) is 7.29. The van der Waals surface area contributed by atoms with E-state index in [4.69, 9.17) is 0 Å². The third-order valence-electron chi connectivity index (χ3n) is 5.37. The van der Waals surface area contributed by atoms with E-state index in [0.29, 0.717) is 28.8 Å². The Morgan fingerprint density at radius 1 is 1.14 bits per heavy atom. The molecule has 3 aromatic heterocycles. The second-order valence-electron chi connectivity index (χ2n) is 7.29. The van der Waals surface area contributed by atoms with Gasteiger partial charge in [-0.25, -0.2) is 13.8 Å². The van der Waals surface area contributed by atoms with Crippen LogP contribution in [0.15, 0.2) is 47.7 Å². The molecule has 142 valence electrons. The molecule has 1 aliphatic rings. The van der Waals surface area contributed by atoms with Crippen molar-refractivity contribution in [1.82, 2.24) is 19.3 Å². The molecule has 4 heterocycles. The highest BCUT2D eigenvalue weighted by Gasteiger charge is 2.20. The lowest BCUT2D eigenvalue weighted by atomic mass is 10.0. The number of imidazole rings is 1. The first-order valence-corrected chi connectivity index (χ1v) is 9.21. The lowest BCUT2D eigenvalue weighted by Crippen LogP contribution is -2.26. The quantitative estimate of drug-likeness (QED) is 0.580. The predicted molar refractivity (Wildman–Crippen MR) is 104 cm³/mol. The number of hydrogen-bond acceptors (Lipinski definition) is 3.